The highest BCUT2D eigenvalue weighted by molar-refractivity contribution is 7.85. The Morgan fingerprint density at radius 3 is 2.21 bits per heavy atom. The highest BCUT2D eigenvalue weighted by atomic mass is 32.2. The first-order valence-electron chi connectivity index (χ1n) is 6.23. The van der Waals surface area contributed by atoms with Gasteiger partial charge in [0.2, 0.25) is 0 Å². The van der Waals surface area contributed by atoms with Gasteiger partial charge in [0.25, 0.3) is 10.1 Å². The summed E-state index contributed by atoms with van der Waals surface area (Å²) in [5.74, 6) is 0.497. The lowest BCUT2D eigenvalue weighted by Crippen LogP contribution is -2.39. The van der Waals surface area contributed by atoms with Gasteiger partial charge in [-0.15, -0.1) is 0 Å². The average molecular weight is 287 g/mol. The van der Waals surface area contributed by atoms with Gasteiger partial charge in [-0.05, 0) is 37.9 Å². The molecule has 1 saturated heterocycles. The van der Waals surface area contributed by atoms with Crippen LogP contribution in [0.15, 0.2) is 29.2 Å². The van der Waals surface area contributed by atoms with E-state index < -0.39 is 10.1 Å². The van der Waals surface area contributed by atoms with Crippen LogP contribution in [0.5, 0.6) is 0 Å². The van der Waals surface area contributed by atoms with Crippen LogP contribution in [-0.4, -0.2) is 37.3 Å². The molecule has 19 heavy (non-hydrogen) atoms. The van der Waals surface area contributed by atoms with E-state index in [-0.39, 0.29) is 11.0 Å². The minimum atomic E-state index is -4.02. The molecule has 0 spiro atoms. The summed E-state index contributed by atoms with van der Waals surface area (Å²) in [4.78, 5) is -0.0666. The standard InChI is InChI=1S/C7H8O3S.C6H13NO/c1-6-2-4-7(5-3-6)11(8,9)10;1-5-2-3-7-4-6(5)8/h2-5H,1H3,(H,8,9,10);5-8H,2-4H2,1H3. The van der Waals surface area contributed by atoms with Gasteiger partial charge in [-0.2, -0.15) is 8.42 Å². The van der Waals surface area contributed by atoms with E-state index in [2.05, 4.69) is 12.2 Å². The molecule has 0 aliphatic carbocycles. The molecule has 5 nitrogen and oxygen atoms in total. The largest absolute Gasteiger partial charge is 0.392 e. The molecule has 1 aromatic rings. The summed E-state index contributed by atoms with van der Waals surface area (Å²) in [5.41, 5.74) is 0.956. The van der Waals surface area contributed by atoms with Crippen LogP contribution in [0.25, 0.3) is 0 Å². The van der Waals surface area contributed by atoms with Crippen molar-refractivity contribution in [2.24, 2.45) is 5.92 Å². The number of hydrogen-bond acceptors (Lipinski definition) is 4. The fourth-order valence-corrected chi connectivity index (χ4v) is 2.16. The van der Waals surface area contributed by atoms with Crippen LogP contribution in [-0.2, 0) is 10.1 Å². The molecule has 2 unspecified atom stereocenters. The Morgan fingerprint density at radius 1 is 1.26 bits per heavy atom. The van der Waals surface area contributed by atoms with Gasteiger partial charge >= 0.3 is 0 Å². The number of aryl methyl sites for hydroxylation is 1. The Labute approximate surface area is 114 Å². The second kappa shape index (κ2) is 7.00. The third kappa shape index (κ3) is 5.69. The molecule has 0 amide bonds. The smallest absolute Gasteiger partial charge is 0.294 e. The number of piperidine rings is 1. The van der Waals surface area contributed by atoms with Gasteiger partial charge in [0.15, 0.2) is 0 Å². The summed E-state index contributed by atoms with van der Waals surface area (Å²) >= 11 is 0. The van der Waals surface area contributed by atoms with Crippen molar-refractivity contribution in [2.75, 3.05) is 13.1 Å². The van der Waals surface area contributed by atoms with Crippen LogP contribution in [0.1, 0.15) is 18.9 Å². The van der Waals surface area contributed by atoms with E-state index in [1.165, 1.54) is 12.1 Å². The Hall–Kier alpha value is -0.950. The highest BCUT2D eigenvalue weighted by Gasteiger charge is 2.16. The topological polar surface area (TPSA) is 86.6 Å². The second-order valence-electron chi connectivity index (χ2n) is 4.83. The molecule has 108 valence electrons. The highest BCUT2D eigenvalue weighted by Crippen LogP contribution is 2.10. The van der Waals surface area contributed by atoms with E-state index >= 15 is 0 Å². The van der Waals surface area contributed by atoms with Crippen molar-refractivity contribution < 1.29 is 18.1 Å². The number of benzene rings is 1. The molecule has 2 atom stereocenters. The molecular weight excluding hydrogens is 266 g/mol. The zero-order chi connectivity index (χ0) is 14.5. The fourth-order valence-electron chi connectivity index (χ4n) is 1.68. The Balaban J connectivity index is 0.000000200. The maximum absolute atomic E-state index is 10.5. The third-order valence-electron chi connectivity index (χ3n) is 3.11. The number of rotatable bonds is 1. The van der Waals surface area contributed by atoms with Crippen LogP contribution in [0.3, 0.4) is 0 Å². The quantitative estimate of drug-likeness (QED) is 0.676. The van der Waals surface area contributed by atoms with E-state index in [1.54, 1.807) is 12.1 Å². The van der Waals surface area contributed by atoms with Crippen LogP contribution < -0.4 is 5.32 Å². The van der Waals surface area contributed by atoms with Crippen molar-refractivity contribution in [3.63, 3.8) is 0 Å². The van der Waals surface area contributed by atoms with Crippen molar-refractivity contribution >= 4 is 10.1 Å². The van der Waals surface area contributed by atoms with Gasteiger partial charge in [-0.3, -0.25) is 4.55 Å². The molecule has 0 radical (unpaired) electrons. The van der Waals surface area contributed by atoms with Crippen LogP contribution in [0.4, 0.5) is 0 Å². The molecule has 0 saturated carbocycles. The zero-order valence-electron chi connectivity index (χ0n) is 11.2. The molecule has 1 aromatic carbocycles. The van der Waals surface area contributed by atoms with E-state index in [0.29, 0.717) is 5.92 Å². The lowest BCUT2D eigenvalue weighted by Gasteiger charge is -2.24. The maximum Gasteiger partial charge on any atom is 0.294 e. The number of aliphatic hydroxyl groups excluding tert-OH is 1. The molecule has 0 bridgehead atoms. The summed E-state index contributed by atoms with van der Waals surface area (Å²) < 4.78 is 29.6. The molecular formula is C13H21NO4S. The Morgan fingerprint density at radius 2 is 1.84 bits per heavy atom. The van der Waals surface area contributed by atoms with Gasteiger partial charge in [0.1, 0.15) is 0 Å². The van der Waals surface area contributed by atoms with Crippen molar-refractivity contribution in [1.82, 2.24) is 5.32 Å². The first-order valence-corrected chi connectivity index (χ1v) is 7.67. The Kier molecular flexibility index (Phi) is 5.93. The summed E-state index contributed by atoms with van der Waals surface area (Å²) in [6.45, 7) is 5.78. The van der Waals surface area contributed by atoms with E-state index in [9.17, 15) is 8.42 Å². The number of aliphatic hydroxyl groups is 1. The molecule has 1 aliphatic heterocycles. The molecule has 1 aliphatic rings. The minimum Gasteiger partial charge on any atom is -0.392 e. The summed E-state index contributed by atoms with van der Waals surface area (Å²) in [6, 6.07) is 5.99. The van der Waals surface area contributed by atoms with Crippen molar-refractivity contribution in [2.45, 2.75) is 31.3 Å². The maximum atomic E-state index is 10.5. The summed E-state index contributed by atoms with van der Waals surface area (Å²) in [7, 11) is -4.02. The first kappa shape index (κ1) is 16.1. The predicted molar refractivity (Wildman–Crippen MR) is 73.7 cm³/mol. The number of nitrogens with one attached hydrogen (secondary N) is 1. The van der Waals surface area contributed by atoms with Gasteiger partial charge in [0, 0.05) is 6.54 Å². The van der Waals surface area contributed by atoms with E-state index in [0.717, 1.165) is 25.1 Å². The Bertz CT molecular complexity index is 474. The molecule has 6 heteroatoms. The molecule has 2 rings (SSSR count). The monoisotopic (exact) mass is 287 g/mol. The van der Waals surface area contributed by atoms with Crippen LogP contribution >= 0.6 is 0 Å². The molecule has 0 aromatic heterocycles. The summed E-state index contributed by atoms with van der Waals surface area (Å²) in [5, 5.41) is 12.2. The normalized spacial score (nSPS) is 23.4. The zero-order valence-corrected chi connectivity index (χ0v) is 12.0. The van der Waals surface area contributed by atoms with E-state index in [1.807, 2.05) is 6.92 Å². The minimum absolute atomic E-state index is 0.0666. The van der Waals surface area contributed by atoms with Gasteiger partial charge in [0.05, 0.1) is 11.0 Å². The number of β-amino-alcohol motifs (C(OH)–C–C–N with tert-alkyl or cyclic N) is 1. The lowest BCUT2D eigenvalue weighted by atomic mass is 9.98. The lowest BCUT2D eigenvalue weighted by molar-refractivity contribution is 0.0915. The average Bonchev–Trinajstić information content (AvgIpc) is 2.33. The van der Waals surface area contributed by atoms with E-state index in [4.69, 9.17) is 9.66 Å². The first-order chi connectivity index (χ1) is 8.80. The third-order valence-corrected chi connectivity index (χ3v) is 3.97. The predicted octanol–water partition coefficient (Wildman–Crippen LogP) is 1.22. The van der Waals surface area contributed by atoms with Gasteiger partial charge in [-0.1, -0.05) is 24.6 Å². The van der Waals surface area contributed by atoms with Crippen molar-refractivity contribution in [1.29, 1.82) is 0 Å². The van der Waals surface area contributed by atoms with Gasteiger partial charge < -0.3 is 10.4 Å². The van der Waals surface area contributed by atoms with Crippen molar-refractivity contribution in [3.05, 3.63) is 29.8 Å². The SMILES string of the molecule is CC1CCNCC1O.Cc1ccc(S(=O)(=O)O)cc1. The number of hydrogen-bond donors (Lipinski definition) is 3. The second-order valence-corrected chi connectivity index (χ2v) is 6.25. The van der Waals surface area contributed by atoms with Crippen molar-refractivity contribution in [3.8, 4) is 0 Å². The van der Waals surface area contributed by atoms with Crippen LogP contribution in [0.2, 0.25) is 0 Å². The molecule has 1 fully saturated rings. The molecule has 3 N–H and O–H groups in total. The fraction of sp³-hybridized carbons (Fsp3) is 0.538. The van der Waals surface area contributed by atoms with Crippen LogP contribution in [0, 0.1) is 12.8 Å². The summed E-state index contributed by atoms with van der Waals surface area (Å²) in [6.07, 6.45) is 1.00. The molecule has 1 heterocycles. The van der Waals surface area contributed by atoms with Gasteiger partial charge in [-0.25, -0.2) is 0 Å².